The summed E-state index contributed by atoms with van der Waals surface area (Å²) in [6.45, 7) is 1.74. The van der Waals surface area contributed by atoms with E-state index in [1.54, 1.807) is 17.4 Å². The number of nitrogens with zero attached hydrogens (tertiary/aromatic N) is 4. The van der Waals surface area contributed by atoms with Crippen LogP contribution < -0.4 is 10.1 Å². The van der Waals surface area contributed by atoms with Gasteiger partial charge in [-0.15, -0.1) is 13.2 Å². The summed E-state index contributed by atoms with van der Waals surface area (Å²) in [7, 11) is 0. The van der Waals surface area contributed by atoms with Crippen molar-refractivity contribution in [3.05, 3.63) is 71.8 Å². The van der Waals surface area contributed by atoms with E-state index in [4.69, 9.17) is 0 Å². The van der Waals surface area contributed by atoms with Gasteiger partial charge in [0.2, 0.25) is 0 Å². The van der Waals surface area contributed by atoms with Gasteiger partial charge in [0.05, 0.1) is 28.7 Å². The minimum absolute atomic E-state index is 0.282. The van der Waals surface area contributed by atoms with Crippen molar-refractivity contribution >= 4 is 17.2 Å². The lowest BCUT2D eigenvalue weighted by Gasteiger charge is -2.11. The first-order valence-electron chi connectivity index (χ1n) is 8.91. The molecule has 10 heteroatoms. The Morgan fingerprint density at radius 2 is 1.81 bits per heavy atom. The van der Waals surface area contributed by atoms with Gasteiger partial charge in [0, 0.05) is 11.9 Å². The molecule has 4 rings (SSSR count). The monoisotopic (exact) mass is 427 g/mol. The normalized spacial score (nSPS) is 11.4. The SMILES string of the molecule is Cc1nc2ccc(F)cn2c1-c1cc(C#N)cc(Nc2ccc(OC(F)(F)F)cc2)n1. The van der Waals surface area contributed by atoms with Crippen LogP contribution in [0.2, 0.25) is 0 Å². The van der Waals surface area contributed by atoms with Crippen LogP contribution in [0.25, 0.3) is 17.0 Å². The summed E-state index contributed by atoms with van der Waals surface area (Å²) in [6.07, 6.45) is -3.50. The topological polar surface area (TPSA) is 75.2 Å². The number of anilines is 2. The van der Waals surface area contributed by atoms with E-state index < -0.39 is 12.2 Å². The van der Waals surface area contributed by atoms with Crippen LogP contribution in [0, 0.1) is 24.1 Å². The molecule has 0 aliphatic heterocycles. The summed E-state index contributed by atoms with van der Waals surface area (Å²) in [5, 5.41) is 12.4. The summed E-state index contributed by atoms with van der Waals surface area (Å²) in [6, 6.07) is 13.0. The average molecular weight is 427 g/mol. The molecule has 0 aliphatic rings. The largest absolute Gasteiger partial charge is 0.573 e. The van der Waals surface area contributed by atoms with Crippen molar-refractivity contribution in [3.8, 4) is 23.2 Å². The Labute approximate surface area is 173 Å². The van der Waals surface area contributed by atoms with Crippen LogP contribution in [0.5, 0.6) is 5.75 Å². The van der Waals surface area contributed by atoms with Crippen molar-refractivity contribution in [1.82, 2.24) is 14.4 Å². The first kappa shape index (κ1) is 20.2. The van der Waals surface area contributed by atoms with Crippen molar-refractivity contribution in [2.24, 2.45) is 0 Å². The number of aromatic nitrogens is 3. The zero-order chi connectivity index (χ0) is 22.2. The highest BCUT2D eigenvalue weighted by molar-refractivity contribution is 5.69. The van der Waals surface area contributed by atoms with Gasteiger partial charge < -0.3 is 10.1 Å². The fourth-order valence-electron chi connectivity index (χ4n) is 3.11. The van der Waals surface area contributed by atoms with Gasteiger partial charge in [0.15, 0.2) is 0 Å². The standard InChI is InChI=1S/C21H13F4N5O/c1-12-20(30-11-14(22)2-7-19(30)27-12)17-8-13(10-26)9-18(29-17)28-15-3-5-16(6-4-15)31-21(23,24)25/h2-9,11H,1H3,(H,28,29). The number of rotatable bonds is 4. The van der Waals surface area contributed by atoms with E-state index in [0.29, 0.717) is 28.4 Å². The summed E-state index contributed by atoms with van der Waals surface area (Å²) in [4.78, 5) is 8.87. The minimum Gasteiger partial charge on any atom is -0.406 e. The van der Waals surface area contributed by atoms with Gasteiger partial charge in [-0.05, 0) is 55.5 Å². The molecule has 6 nitrogen and oxygen atoms in total. The highest BCUT2D eigenvalue weighted by Gasteiger charge is 2.30. The molecule has 0 fully saturated rings. The van der Waals surface area contributed by atoms with Crippen LogP contribution in [0.3, 0.4) is 0 Å². The summed E-state index contributed by atoms with van der Waals surface area (Å²) >= 11 is 0. The number of nitriles is 1. The van der Waals surface area contributed by atoms with Gasteiger partial charge in [-0.2, -0.15) is 5.26 Å². The molecule has 1 aromatic carbocycles. The highest BCUT2D eigenvalue weighted by Crippen LogP contribution is 2.28. The minimum atomic E-state index is -4.78. The van der Waals surface area contributed by atoms with E-state index in [2.05, 4.69) is 20.0 Å². The lowest BCUT2D eigenvalue weighted by Crippen LogP contribution is -2.16. The van der Waals surface area contributed by atoms with Crippen LogP contribution in [0.1, 0.15) is 11.3 Å². The predicted molar refractivity (Wildman–Crippen MR) is 104 cm³/mol. The number of alkyl halides is 3. The molecule has 1 N–H and O–H groups in total. The van der Waals surface area contributed by atoms with Crippen LogP contribution in [-0.2, 0) is 0 Å². The first-order valence-corrected chi connectivity index (χ1v) is 8.91. The molecule has 0 radical (unpaired) electrons. The fraction of sp³-hybridized carbons (Fsp3) is 0.0952. The maximum atomic E-state index is 13.8. The number of fused-ring (bicyclic) bond motifs is 1. The number of pyridine rings is 2. The lowest BCUT2D eigenvalue weighted by atomic mass is 10.1. The molecular weight excluding hydrogens is 414 g/mol. The van der Waals surface area contributed by atoms with Gasteiger partial charge >= 0.3 is 6.36 Å². The van der Waals surface area contributed by atoms with Gasteiger partial charge in [-0.3, -0.25) is 4.40 Å². The van der Waals surface area contributed by atoms with Gasteiger partial charge in [0.1, 0.15) is 23.0 Å². The molecule has 3 heterocycles. The van der Waals surface area contributed by atoms with E-state index in [1.165, 1.54) is 36.5 Å². The van der Waals surface area contributed by atoms with Gasteiger partial charge in [-0.1, -0.05) is 0 Å². The zero-order valence-corrected chi connectivity index (χ0v) is 15.9. The molecule has 0 atom stereocenters. The molecule has 0 aliphatic carbocycles. The quantitative estimate of drug-likeness (QED) is 0.444. The Kier molecular flexibility index (Phi) is 4.94. The van der Waals surface area contributed by atoms with E-state index >= 15 is 0 Å². The van der Waals surface area contributed by atoms with Crippen molar-refractivity contribution in [2.45, 2.75) is 13.3 Å². The second-order valence-electron chi connectivity index (χ2n) is 6.56. The summed E-state index contributed by atoms with van der Waals surface area (Å²) < 4.78 is 56.1. The Bertz CT molecular complexity index is 1310. The Balaban J connectivity index is 1.70. The van der Waals surface area contributed by atoms with Crippen molar-refractivity contribution < 1.29 is 22.3 Å². The molecule has 0 unspecified atom stereocenters. The second kappa shape index (κ2) is 7.60. The number of hydrogen-bond donors (Lipinski definition) is 1. The third kappa shape index (κ3) is 4.40. The number of imidazole rings is 1. The first-order chi connectivity index (χ1) is 14.7. The molecule has 156 valence electrons. The van der Waals surface area contributed by atoms with Crippen molar-refractivity contribution in [2.75, 3.05) is 5.32 Å². The number of nitrogens with one attached hydrogen (secondary N) is 1. The molecule has 0 saturated carbocycles. The second-order valence-corrected chi connectivity index (χ2v) is 6.56. The Hall–Kier alpha value is -4.13. The van der Waals surface area contributed by atoms with E-state index in [9.17, 15) is 22.8 Å². The van der Waals surface area contributed by atoms with Crippen LogP contribution in [0.4, 0.5) is 29.1 Å². The maximum absolute atomic E-state index is 13.8. The highest BCUT2D eigenvalue weighted by atomic mass is 19.4. The molecule has 0 spiro atoms. The summed E-state index contributed by atoms with van der Waals surface area (Å²) in [5.74, 6) is -0.535. The number of hydrogen-bond acceptors (Lipinski definition) is 5. The molecule has 0 saturated heterocycles. The van der Waals surface area contributed by atoms with Crippen LogP contribution >= 0.6 is 0 Å². The fourth-order valence-corrected chi connectivity index (χ4v) is 3.11. The number of halogens is 4. The lowest BCUT2D eigenvalue weighted by molar-refractivity contribution is -0.274. The van der Waals surface area contributed by atoms with Crippen molar-refractivity contribution in [1.29, 1.82) is 5.26 Å². The number of ether oxygens (including phenoxy) is 1. The smallest absolute Gasteiger partial charge is 0.406 e. The van der Waals surface area contributed by atoms with Crippen LogP contribution in [0.15, 0.2) is 54.7 Å². The van der Waals surface area contributed by atoms with Crippen molar-refractivity contribution in [3.63, 3.8) is 0 Å². The third-order valence-corrected chi connectivity index (χ3v) is 4.31. The van der Waals surface area contributed by atoms with E-state index in [-0.39, 0.29) is 17.1 Å². The molecule has 0 bridgehead atoms. The Morgan fingerprint density at radius 3 is 2.48 bits per heavy atom. The van der Waals surface area contributed by atoms with Gasteiger partial charge in [-0.25, -0.2) is 14.4 Å². The maximum Gasteiger partial charge on any atom is 0.573 e. The number of aryl methyl sites for hydroxylation is 1. The number of benzene rings is 1. The molecule has 31 heavy (non-hydrogen) atoms. The van der Waals surface area contributed by atoms with Gasteiger partial charge in [0.25, 0.3) is 0 Å². The average Bonchev–Trinajstić information content (AvgIpc) is 3.03. The molecule has 4 aromatic rings. The Morgan fingerprint density at radius 1 is 1.06 bits per heavy atom. The van der Waals surface area contributed by atoms with E-state index in [1.807, 2.05) is 6.07 Å². The zero-order valence-electron chi connectivity index (χ0n) is 15.9. The third-order valence-electron chi connectivity index (χ3n) is 4.31. The molecule has 0 amide bonds. The van der Waals surface area contributed by atoms with E-state index in [0.717, 1.165) is 12.1 Å². The summed E-state index contributed by atoms with van der Waals surface area (Å²) in [5.41, 5.74) is 2.73. The molecule has 3 aromatic heterocycles. The predicted octanol–water partition coefficient (Wildman–Crippen LogP) is 5.36. The van der Waals surface area contributed by atoms with Crippen LogP contribution in [-0.4, -0.2) is 20.7 Å². The molecular formula is C21H13F4N5O.